The first kappa shape index (κ1) is 14.9. The lowest BCUT2D eigenvalue weighted by Crippen LogP contribution is -2.36. The third-order valence-electron chi connectivity index (χ3n) is 3.94. The Morgan fingerprint density at radius 1 is 1.40 bits per heavy atom. The Morgan fingerprint density at radius 2 is 2.05 bits per heavy atom. The molecule has 5 nitrogen and oxygen atoms in total. The lowest BCUT2D eigenvalue weighted by atomic mass is 10.3. The summed E-state index contributed by atoms with van der Waals surface area (Å²) in [5.74, 6) is 0.0506. The third kappa shape index (κ3) is 3.33. The predicted molar refractivity (Wildman–Crippen MR) is 81.9 cm³/mol. The number of nitrogen functional groups attached to an aromatic ring is 1. The lowest BCUT2D eigenvalue weighted by molar-refractivity contribution is 0.0770. The molecule has 0 spiro atoms. The van der Waals surface area contributed by atoms with E-state index in [1.54, 1.807) is 11.0 Å². The molecule has 2 N–H and O–H groups in total. The minimum atomic E-state index is 0.0506. The van der Waals surface area contributed by atoms with Gasteiger partial charge in [-0.3, -0.25) is 4.79 Å². The number of nitrogens with two attached hydrogens (primary N) is 1. The molecule has 1 aliphatic heterocycles. The van der Waals surface area contributed by atoms with E-state index < -0.39 is 0 Å². The molecule has 0 radical (unpaired) electrons. The van der Waals surface area contributed by atoms with E-state index in [0.717, 1.165) is 26.2 Å². The summed E-state index contributed by atoms with van der Waals surface area (Å²) in [7, 11) is 1.87. The quantitative estimate of drug-likeness (QED) is 0.894. The Hall–Kier alpha value is -1.49. The van der Waals surface area contributed by atoms with Gasteiger partial charge in [-0.2, -0.15) is 0 Å². The number of nitrogens with zero attached hydrogens (tertiary/aromatic N) is 3. The smallest absolute Gasteiger partial charge is 0.270 e. The van der Waals surface area contributed by atoms with Crippen LogP contribution in [0.25, 0.3) is 0 Å². The van der Waals surface area contributed by atoms with Crippen LogP contribution in [0.4, 0.5) is 5.69 Å². The number of hydrogen-bond acceptors (Lipinski definition) is 3. The summed E-state index contributed by atoms with van der Waals surface area (Å²) in [4.78, 5) is 16.7. The molecule has 1 saturated heterocycles. The zero-order valence-electron chi connectivity index (χ0n) is 12.8. The summed E-state index contributed by atoms with van der Waals surface area (Å²) >= 11 is 0. The SMILES string of the molecule is CC(C)n1cc(N)cc1C(=O)N(C)CCN1CCCC1. The van der Waals surface area contributed by atoms with Crippen LogP contribution in [-0.4, -0.2) is 53.5 Å². The van der Waals surface area contributed by atoms with Crippen LogP contribution in [0.3, 0.4) is 0 Å². The number of rotatable bonds is 5. The average molecular weight is 278 g/mol. The number of likely N-dealkylation sites (tertiary alicyclic amines) is 1. The molecular weight excluding hydrogens is 252 g/mol. The number of aromatic nitrogens is 1. The van der Waals surface area contributed by atoms with Crippen LogP contribution in [0.1, 0.15) is 43.2 Å². The van der Waals surface area contributed by atoms with E-state index in [9.17, 15) is 4.79 Å². The molecule has 2 rings (SSSR count). The molecule has 0 bridgehead atoms. The van der Waals surface area contributed by atoms with E-state index in [4.69, 9.17) is 5.73 Å². The zero-order chi connectivity index (χ0) is 14.7. The van der Waals surface area contributed by atoms with Crippen LogP contribution >= 0.6 is 0 Å². The van der Waals surface area contributed by atoms with E-state index in [0.29, 0.717) is 11.4 Å². The van der Waals surface area contributed by atoms with Gasteiger partial charge >= 0.3 is 0 Å². The number of anilines is 1. The van der Waals surface area contributed by atoms with Gasteiger partial charge in [-0.05, 0) is 45.8 Å². The van der Waals surface area contributed by atoms with Crippen molar-refractivity contribution in [1.82, 2.24) is 14.4 Å². The zero-order valence-corrected chi connectivity index (χ0v) is 12.8. The van der Waals surface area contributed by atoms with Crippen LogP contribution in [0.5, 0.6) is 0 Å². The summed E-state index contributed by atoms with van der Waals surface area (Å²) < 4.78 is 1.95. The van der Waals surface area contributed by atoms with E-state index in [2.05, 4.69) is 18.7 Å². The van der Waals surface area contributed by atoms with Crippen LogP contribution in [0, 0.1) is 0 Å². The fourth-order valence-corrected chi connectivity index (χ4v) is 2.69. The average Bonchev–Trinajstić information content (AvgIpc) is 3.03. The van der Waals surface area contributed by atoms with Gasteiger partial charge in [0.15, 0.2) is 0 Å². The van der Waals surface area contributed by atoms with Gasteiger partial charge in [0.1, 0.15) is 5.69 Å². The Balaban J connectivity index is 1.98. The van der Waals surface area contributed by atoms with E-state index in [1.807, 2.05) is 17.8 Å². The molecule has 0 aliphatic carbocycles. The normalized spacial score (nSPS) is 16.0. The van der Waals surface area contributed by atoms with Crippen LogP contribution in [0.2, 0.25) is 0 Å². The Kier molecular flexibility index (Phi) is 4.70. The molecule has 1 amide bonds. The second-order valence-electron chi connectivity index (χ2n) is 5.94. The van der Waals surface area contributed by atoms with Crippen molar-refractivity contribution in [2.24, 2.45) is 0 Å². The van der Waals surface area contributed by atoms with Crippen molar-refractivity contribution in [3.05, 3.63) is 18.0 Å². The summed E-state index contributed by atoms with van der Waals surface area (Å²) in [6.07, 6.45) is 4.40. The number of likely N-dealkylation sites (N-methyl/N-ethyl adjacent to an activating group) is 1. The number of amides is 1. The Bertz CT molecular complexity index is 460. The highest BCUT2D eigenvalue weighted by molar-refractivity contribution is 5.93. The van der Waals surface area contributed by atoms with Crippen molar-refractivity contribution in [3.8, 4) is 0 Å². The summed E-state index contributed by atoms with van der Waals surface area (Å²) in [6, 6.07) is 2.01. The van der Waals surface area contributed by atoms with Gasteiger partial charge in [-0.1, -0.05) is 0 Å². The van der Waals surface area contributed by atoms with E-state index in [1.165, 1.54) is 12.8 Å². The third-order valence-corrected chi connectivity index (χ3v) is 3.94. The van der Waals surface area contributed by atoms with Crippen molar-refractivity contribution in [2.75, 3.05) is 39.0 Å². The van der Waals surface area contributed by atoms with E-state index >= 15 is 0 Å². The second kappa shape index (κ2) is 6.31. The molecule has 112 valence electrons. The van der Waals surface area contributed by atoms with Gasteiger partial charge in [0, 0.05) is 32.4 Å². The molecule has 2 heterocycles. The topological polar surface area (TPSA) is 54.5 Å². The van der Waals surface area contributed by atoms with Crippen molar-refractivity contribution >= 4 is 11.6 Å². The highest BCUT2D eigenvalue weighted by atomic mass is 16.2. The summed E-state index contributed by atoms with van der Waals surface area (Å²) in [6.45, 7) is 8.16. The maximum atomic E-state index is 12.5. The first-order valence-corrected chi connectivity index (χ1v) is 7.44. The second-order valence-corrected chi connectivity index (χ2v) is 5.94. The highest BCUT2D eigenvalue weighted by Gasteiger charge is 2.19. The standard InChI is InChI=1S/C15H26N4O/c1-12(2)19-11-13(16)10-14(19)15(20)17(3)8-9-18-6-4-5-7-18/h10-12H,4-9,16H2,1-3H3. The van der Waals surface area contributed by atoms with Crippen molar-refractivity contribution in [1.29, 1.82) is 0 Å². The van der Waals surface area contributed by atoms with Crippen molar-refractivity contribution in [2.45, 2.75) is 32.7 Å². The highest BCUT2D eigenvalue weighted by Crippen LogP contribution is 2.18. The first-order chi connectivity index (χ1) is 9.49. The monoisotopic (exact) mass is 278 g/mol. The minimum absolute atomic E-state index is 0.0506. The molecular formula is C15H26N4O. The van der Waals surface area contributed by atoms with Crippen molar-refractivity contribution < 1.29 is 4.79 Å². The lowest BCUT2D eigenvalue weighted by Gasteiger charge is -2.22. The van der Waals surface area contributed by atoms with Gasteiger partial charge in [0.25, 0.3) is 5.91 Å². The fraction of sp³-hybridized carbons (Fsp3) is 0.667. The molecule has 1 fully saturated rings. The molecule has 20 heavy (non-hydrogen) atoms. The van der Waals surface area contributed by atoms with Crippen LogP contribution in [-0.2, 0) is 0 Å². The van der Waals surface area contributed by atoms with Crippen LogP contribution in [0.15, 0.2) is 12.3 Å². The Morgan fingerprint density at radius 3 is 2.65 bits per heavy atom. The number of carbonyl (C=O) groups excluding carboxylic acids is 1. The number of hydrogen-bond donors (Lipinski definition) is 1. The summed E-state index contributed by atoms with van der Waals surface area (Å²) in [5.41, 5.74) is 7.16. The molecule has 0 aromatic carbocycles. The minimum Gasteiger partial charge on any atom is -0.397 e. The molecule has 5 heteroatoms. The maximum absolute atomic E-state index is 12.5. The fourth-order valence-electron chi connectivity index (χ4n) is 2.69. The first-order valence-electron chi connectivity index (χ1n) is 7.44. The van der Waals surface area contributed by atoms with Crippen LogP contribution < -0.4 is 5.73 Å². The largest absolute Gasteiger partial charge is 0.397 e. The molecule has 0 unspecified atom stereocenters. The number of carbonyl (C=O) groups is 1. The van der Waals surface area contributed by atoms with Gasteiger partial charge in [-0.15, -0.1) is 0 Å². The van der Waals surface area contributed by atoms with E-state index in [-0.39, 0.29) is 11.9 Å². The molecule has 1 aliphatic rings. The van der Waals surface area contributed by atoms with Gasteiger partial charge in [-0.25, -0.2) is 0 Å². The molecule has 0 atom stereocenters. The predicted octanol–water partition coefficient (Wildman–Crippen LogP) is 1.82. The maximum Gasteiger partial charge on any atom is 0.270 e. The molecule has 1 aromatic rings. The van der Waals surface area contributed by atoms with Crippen molar-refractivity contribution in [3.63, 3.8) is 0 Å². The summed E-state index contributed by atoms with van der Waals surface area (Å²) in [5, 5.41) is 0. The van der Waals surface area contributed by atoms with Gasteiger partial charge in [0.05, 0.1) is 5.69 Å². The molecule has 0 saturated carbocycles. The van der Waals surface area contributed by atoms with Gasteiger partial charge in [0.2, 0.25) is 0 Å². The molecule has 1 aromatic heterocycles. The van der Waals surface area contributed by atoms with Gasteiger partial charge < -0.3 is 20.1 Å². The Labute approximate surface area is 121 Å².